The van der Waals surface area contributed by atoms with E-state index in [9.17, 15) is 0 Å². The summed E-state index contributed by atoms with van der Waals surface area (Å²) in [6.07, 6.45) is 5.21. The van der Waals surface area contributed by atoms with Gasteiger partial charge in [0.2, 0.25) is 0 Å². The van der Waals surface area contributed by atoms with E-state index in [1.165, 1.54) is 30.4 Å². The van der Waals surface area contributed by atoms with Crippen molar-refractivity contribution in [3.63, 3.8) is 0 Å². The molecule has 3 nitrogen and oxygen atoms in total. The van der Waals surface area contributed by atoms with Crippen LogP contribution < -0.4 is 10.5 Å². The number of nitrogen functional groups attached to an aromatic ring is 1. The zero-order chi connectivity index (χ0) is 11.8. The van der Waals surface area contributed by atoms with Gasteiger partial charge in [-0.1, -0.05) is 0 Å². The highest BCUT2D eigenvalue weighted by Gasteiger charge is 2.23. The zero-order valence-electron chi connectivity index (χ0n) is 10.4. The van der Waals surface area contributed by atoms with Gasteiger partial charge in [-0.3, -0.25) is 0 Å². The van der Waals surface area contributed by atoms with E-state index in [4.69, 9.17) is 10.5 Å². The van der Waals surface area contributed by atoms with E-state index >= 15 is 0 Å². The van der Waals surface area contributed by atoms with Gasteiger partial charge in [0, 0.05) is 30.4 Å². The van der Waals surface area contributed by atoms with Crippen LogP contribution in [0.5, 0.6) is 5.75 Å². The molecule has 0 bridgehead atoms. The van der Waals surface area contributed by atoms with Crippen molar-refractivity contribution in [2.24, 2.45) is 0 Å². The van der Waals surface area contributed by atoms with Crippen LogP contribution in [0.1, 0.15) is 30.4 Å². The SMILES string of the molecule is CN1CCc2c(cc(N)cc2OC2CCC2)C1. The van der Waals surface area contributed by atoms with Gasteiger partial charge in [-0.05, 0) is 44.4 Å². The van der Waals surface area contributed by atoms with Crippen LogP contribution >= 0.6 is 0 Å². The van der Waals surface area contributed by atoms with Gasteiger partial charge >= 0.3 is 0 Å². The van der Waals surface area contributed by atoms with Crippen molar-refractivity contribution in [1.29, 1.82) is 0 Å². The fourth-order valence-corrected chi connectivity index (χ4v) is 2.60. The van der Waals surface area contributed by atoms with Crippen LogP contribution in [0.2, 0.25) is 0 Å². The molecule has 0 aromatic heterocycles. The molecule has 0 unspecified atom stereocenters. The van der Waals surface area contributed by atoms with Crippen molar-refractivity contribution in [1.82, 2.24) is 4.90 Å². The number of rotatable bonds is 2. The van der Waals surface area contributed by atoms with Gasteiger partial charge in [0.05, 0.1) is 6.10 Å². The standard InChI is InChI=1S/C14H20N2O/c1-16-6-5-13-10(9-16)7-11(15)8-14(13)17-12-3-2-4-12/h7-8,12H,2-6,9,15H2,1H3. The van der Waals surface area contributed by atoms with Crippen LogP contribution in [0.4, 0.5) is 5.69 Å². The van der Waals surface area contributed by atoms with Crippen LogP contribution in [0.25, 0.3) is 0 Å². The molecular weight excluding hydrogens is 212 g/mol. The minimum Gasteiger partial charge on any atom is -0.490 e. The van der Waals surface area contributed by atoms with Gasteiger partial charge in [0.1, 0.15) is 5.75 Å². The van der Waals surface area contributed by atoms with Crippen molar-refractivity contribution in [3.05, 3.63) is 23.3 Å². The number of fused-ring (bicyclic) bond motifs is 1. The van der Waals surface area contributed by atoms with Crippen LogP contribution in [0, 0.1) is 0 Å². The number of anilines is 1. The van der Waals surface area contributed by atoms with Crippen LogP contribution in [0.3, 0.4) is 0 Å². The van der Waals surface area contributed by atoms with E-state index in [1.807, 2.05) is 6.07 Å². The highest BCUT2D eigenvalue weighted by molar-refractivity contribution is 5.54. The van der Waals surface area contributed by atoms with Gasteiger partial charge < -0.3 is 15.4 Å². The smallest absolute Gasteiger partial charge is 0.125 e. The number of ether oxygens (including phenoxy) is 1. The molecule has 0 amide bonds. The Kier molecular flexibility index (Phi) is 2.71. The summed E-state index contributed by atoms with van der Waals surface area (Å²) in [7, 11) is 2.15. The Labute approximate surface area is 103 Å². The van der Waals surface area contributed by atoms with Crippen molar-refractivity contribution < 1.29 is 4.74 Å². The fraction of sp³-hybridized carbons (Fsp3) is 0.571. The molecule has 17 heavy (non-hydrogen) atoms. The van der Waals surface area contributed by atoms with Gasteiger partial charge in [0.25, 0.3) is 0 Å². The average molecular weight is 232 g/mol. The summed E-state index contributed by atoms with van der Waals surface area (Å²) in [4.78, 5) is 2.33. The summed E-state index contributed by atoms with van der Waals surface area (Å²) >= 11 is 0. The van der Waals surface area contributed by atoms with Gasteiger partial charge in [-0.15, -0.1) is 0 Å². The van der Waals surface area contributed by atoms with Crippen LogP contribution in [-0.2, 0) is 13.0 Å². The summed E-state index contributed by atoms with van der Waals surface area (Å²) in [6.45, 7) is 2.10. The largest absolute Gasteiger partial charge is 0.490 e. The molecule has 0 atom stereocenters. The maximum atomic E-state index is 6.07. The van der Waals surface area contributed by atoms with Crippen molar-refractivity contribution >= 4 is 5.69 Å². The molecular formula is C14H20N2O. The molecule has 1 heterocycles. The average Bonchev–Trinajstić information content (AvgIpc) is 2.22. The van der Waals surface area contributed by atoms with E-state index in [2.05, 4.69) is 18.0 Å². The predicted molar refractivity (Wildman–Crippen MR) is 69.2 cm³/mol. The van der Waals surface area contributed by atoms with E-state index in [0.717, 1.165) is 30.9 Å². The number of hydrogen-bond donors (Lipinski definition) is 1. The highest BCUT2D eigenvalue weighted by Crippen LogP contribution is 2.33. The van der Waals surface area contributed by atoms with Crippen LogP contribution in [-0.4, -0.2) is 24.6 Å². The first-order valence-corrected chi connectivity index (χ1v) is 6.49. The third-order valence-corrected chi connectivity index (χ3v) is 3.85. The number of likely N-dealkylation sites (N-methyl/N-ethyl adjacent to an activating group) is 1. The van der Waals surface area contributed by atoms with Crippen LogP contribution in [0.15, 0.2) is 12.1 Å². The van der Waals surface area contributed by atoms with E-state index in [-0.39, 0.29) is 0 Å². The third kappa shape index (κ3) is 2.12. The molecule has 1 saturated carbocycles. The first-order valence-electron chi connectivity index (χ1n) is 6.49. The first-order chi connectivity index (χ1) is 8.22. The Morgan fingerprint density at radius 1 is 1.35 bits per heavy atom. The highest BCUT2D eigenvalue weighted by atomic mass is 16.5. The summed E-state index contributed by atoms with van der Waals surface area (Å²) < 4.78 is 6.07. The Morgan fingerprint density at radius 3 is 2.88 bits per heavy atom. The maximum absolute atomic E-state index is 6.07. The Hall–Kier alpha value is -1.22. The second-order valence-electron chi connectivity index (χ2n) is 5.32. The quantitative estimate of drug-likeness (QED) is 0.794. The topological polar surface area (TPSA) is 38.5 Å². The number of nitrogens with zero attached hydrogens (tertiary/aromatic N) is 1. The Morgan fingerprint density at radius 2 is 2.18 bits per heavy atom. The maximum Gasteiger partial charge on any atom is 0.125 e. The zero-order valence-corrected chi connectivity index (χ0v) is 10.4. The van der Waals surface area contributed by atoms with E-state index in [1.54, 1.807) is 0 Å². The summed E-state index contributed by atoms with van der Waals surface area (Å²) in [6, 6.07) is 4.10. The molecule has 3 heteroatoms. The molecule has 1 aromatic carbocycles. The first kappa shape index (κ1) is 10.9. The van der Waals surface area contributed by atoms with Gasteiger partial charge in [-0.2, -0.15) is 0 Å². The van der Waals surface area contributed by atoms with Crippen molar-refractivity contribution in [2.75, 3.05) is 19.3 Å². The Balaban J connectivity index is 1.90. The molecule has 3 rings (SSSR count). The van der Waals surface area contributed by atoms with E-state index in [0.29, 0.717) is 6.10 Å². The number of nitrogens with two attached hydrogens (primary N) is 1. The fourth-order valence-electron chi connectivity index (χ4n) is 2.60. The number of hydrogen-bond acceptors (Lipinski definition) is 3. The predicted octanol–water partition coefficient (Wildman–Crippen LogP) is 2.19. The lowest BCUT2D eigenvalue weighted by Crippen LogP contribution is -2.29. The molecule has 2 aliphatic rings. The number of benzene rings is 1. The molecule has 0 radical (unpaired) electrons. The van der Waals surface area contributed by atoms with Gasteiger partial charge in [0.15, 0.2) is 0 Å². The van der Waals surface area contributed by atoms with E-state index < -0.39 is 0 Å². The van der Waals surface area contributed by atoms with Crippen molar-refractivity contribution in [3.8, 4) is 5.75 Å². The molecule has 92 valence electrons. The minimum absolute atomic E-state index is 0.431. The molecule has 1 fully saturated rings. The molecule has 2 N–H and O–H groups in total. The molecule has 1 aliphatic carbocycles. The lowest BCUT2D eigenvalue weighted by molar-refractivity contribution is 0.118. The normalized spacial score (nSPS) is 20.8. The molecule has 1 aliphatic heterocycles. The second kappa shape index (κ2) is 4.22. The third-order valence-electron chi connectivity index (χ3n) is 3.85. The lowest BCUT2D eigenvalue weighted by Gasteiger charge is -2.31. The molecule has 0 spiro atoms. The summed E-state index contributed by atoms with van der Waals surface area (Å²) in [5.74, 6) is 1.04. The summed E-state index contributed by atoms with van der Waals surface area (Å²) in [5, 5.41) is 0. The minimum atomic E-state index is 0.431. The lowest BCUT2D eigenvalue weighted by atomic mass is 9.95. The monoisotopic (exact) mass is 232 g/mol. The Bertz CT molecular complexity index is 426. The van der Waals surface area contributed by atoms with Gasteiger partial charge in [-0.25, -0.2) is 0 Å². The second-order valence-corrected chi connectivity index (χ2v) is 5.32. The summed E-state index contributed by atoms with van der Waals surface area (Å²) in [5.41, 5.74) is 9.51. The van der Waals surface area contributed by atoms with Crippen molar-refractivity contribution in [2.45, 2.75) is 38.3 Å². The molecule has 1 aromatic rings. The molecule has 0 saturated heterocycles.